The van der Waals surface area contributed by atoms with Crippen LogP contribution in [0.4, 0.5) is 0 Å². The summed E-state index contributed by atoms with van der Waals surface area (Å²) in [5.41, 5.74) is 1.34. The van der Waals surface area contributed by atoms with E-state index in [0.29, 0.717) is 48.5 Å². The zero-order valence-corrected chi connectivity index (χ0v) is 31.8. The van der Waals surface area contributed by atoms with E-state index in [4.69, 9.17) is 18.9 Å². The first-order valence-electron chi connectivity index (χ1n) is 19.9. The molecule has 286 valence electrons. The topological polar surface area (TPSA) is 105 Å². The van der Waals surface area contributed by atoms with E-state index in [1.807, 2.05) is 54.6 Å². The molecular formula is C46H54O8. The van der Waals surface area contributed by atoms with Crippen LogP contribution in [0, 0.1) is 46.3 Å². The van der Waals surface area contributed by atoms with E-state index < -0.39 is 0 Å². The molecule has 8 nitrogen and oxygen atoms in total. The molecule has 0 aliphatic heterocycles. The van der Waals surface area contributed by atoms with Gasteiger partial charge in [-0.15, -0.1) is 0 Å². The number of rotatable bonds is 11. The van der Waals surface area contributed by atoms with Crippen molar-refractivity contribution in [3.63, 3.8) is 0 Å². The van der Waals surface area contributed by atoms with Gasteiger partial charge in [-0.05, 0) is 135 Å². The molecule has 0 aromatic heterocycles. The molecule has 4 fully saturated rings. The third-order valence-corrected chi connectivity index (χ3v) is 14.3. The van der Waals surface area contributed by atoms with Gasteiger partial charge in [-0.1, -0.05) is 68.4 Å². The highest BCUT2D eigenvalue weighted by atomic mass is 16.6. The number of esters is 4. The Morgan fingerprint density at radius 1 is 0.667 bits per heavy atom. The molecule has 4 aliphatic carbocycles. The molecule has 0 spiro atoms. The lowest BCUT2D eigenvalue weighted by molar-refractivity contribution is -0.195. The molecule has 0 N–H and O–H groups in total. The van der Waals surface area contributed by atoms with Gasteiger partial charge in [0.05, 0.1) is 30.4 Å². The molecule has 10 atom stereocenters. The molecule has 4 aliphatic rings. The molecule has 8 heteroatoms. The first-order valence-corrected chi connectivity index (χ1v) is 19.9. The Morgan fingerprint density at radius 3 is 1.87 bits per heavy atom. The Morgan fingerprint density at radius 2 is 1.26 bits per heavy atom. The fraction of sp³-hybridized carbons (Fsp3) is 0.522. The number of hydrogen-bond acceptors (Lipinski definition) is 8. The monoisotopic (exact) mass is 734 g/mol. The van der Waals surface area contributed by atoms with E-state index in [9.17, 15) is 19.2 Å². The highest BCUT2D eigenvalue weighted by Crippen LogP contribution is 2.70. The molecule has 3 aromatic carbocycles. The van der Waals surface area contributed by atoms with Crippen LogP contribution < -0.4 is 0 Å². The van der Waals surface area contributed by atoms with Crippen LogP contribution in [0.3, 0.4) is 0 Å². The molecule has 4 saturated carbocycles. The van der Waals surface area contributed by atoms with Crippen LogP contribution in [-0.2, 0) is 23.7 Å². The SMILES string of the molecule is COC(=O)CCCC1CCC2C3C(OC(=O)c4ccccc4)CC4CC(OC(=O)c5ccccc5)CCC4(C)C3CC(COC(=O)c3ccccc3)C12C. The van der Waals surface area contributed by atoms with E-state index in [1.54, 1.807) is 36.4 Å². The Balaban J connectivity index is 1.20. The quantitative estimate of drug-likeness (QED) is 0.142. The van der Waals surface area contributed by atoms with Gasteiger partial charge in [0.2, 0.25) is 0 Å². The van der Waals surface area contributed by atoms with Gasteiger partial charge in [0.1, 0.15) is 12.2 Å². The summed E-state index contributed by atoms with van der Waals surface area (Å²) in [6, 6.07) is 27.5. The lowest BCUT2D eigenvalue weighted by atomic mass is 9.42. The normalized spacial score (nSPS) is 32.6. The second-order valence-electron chi connectivity index (χ2n) is 16.7. The van der Waals surface area contributed by atoms with Gasteiger partial charge in [-0.25, -0.2) is 14.4 Å². The number of carbonyl (C=O) groups is 4. The first-order chi connectivity index (χ1) is 26.1. The molecule has 3 aromatic rings. The van der Waals surface area contributed by atoms with Crippen molar-refractivity contribution in [3.05, 3.63) is 108 Å². The van der Waals surface area contributed by atoms with Gasteiger partial charge < -0.3 is 18.9 Å². The van der Waals surface area contributed by atoms with E-state index in [2.05, 4.69) is 13.8 Å². The smallest absolute Gasteiger partial charge is 0.338 e. The number of carbonyl (C=O) groups excluding carboxylic acids is 4. The lowest BCUT2D eigenvalue weighted by Gasteiger charge is -2.64. The maximum atomic E-state index is 13.8. The predicted molar refractivity (Wildman–Crippen MR) is 203 cm³/mol. The van der Waals surface area contributed by atoms with Crippen molar-refractivity contribution < 1.29 is 38.1 Å². The van der Waals surface area contributed by atoms with Crippen molar-refractivity contribution in [2.75, 3.05) is 13.7 Å². The van der Waals surface area contributed by atoms with Crippen LogP contribution in [-0.4, -0.2) is 49.8 Å². The third kappa shape index (κ3) is 7.45. The van der Waals surface area contributed by atoms with Crippen LogP contribution in [0.2, 0.25) is 0 Å². The summed E-state index contributed by atoms with van der Waals surface area (Å²) in [5.74, 6) is 0.0130. The van der Waals surface area contributed by atoms with Crippen molar-refractivity contribution >= 4 is 23.9 Å². The number of ether oxygens (including phenoxy) is 4. The van der Waals surface area contributed by atoms with Crippen LogP contribution in [0.25, 0.3) is 0 Å². The number of fused-ring (bicyclic) bond motifs is 5. The average Bonchev–Trinajstić information content (AvgIpc) is 3.54. The minimum atomic E-state index is -0.318. The van der Waals surface area contributed by atoms with Gasteiger partial charge in [0.15, 0.2) is 0 Å². The summed E-state index contributed by atoms with van der Waals surface area (Å²) in [6.07, 6.45) is 7.39. The second-order valence-corrected chi connectivity index (χ2v) is 16.7. The molecule has 10 unspecified atom stereocenters. The molecule has 7 rings (SSSR count). The predicted octanol–water partition coefficient (Wildman–Crippen LogP) is 9.13. The van der Waals surface area contributed by atoms with Crippen molar-refractivity contribution in [3.8, 4) is 0 Å². The van der Waals surface area contributed by atoms with E-state index >= 15 is 0 Å². The van der Waals surface area contributed by atoms with Crippen LogP contribution in [0.1, 0.15) is 109 Å². The Labute approximate surface area is 319 Å². The molecular weight excluding hydrogens is 680 g/mol. The number of hydrogen-bond donors (Lipinski definition) is 0. The summed E-state index contributed by atoms with van der Waals surface area (Å²) in [7, 11) is 1.43. The zero-order chi connectivity index (χ0) is 37.9. The maximum Gasteiger partial charge on any atom is 0.338 e. The first kappa shape index (κ1) is 37.8. The van der Waals surface area contributed by atoms with Crippen molar-refractivity contribution in [1.29, 1.82) is 0 Å². The Kier molecular flexibility index (Phi) is 11.3. The molecule has 0 amide bonds. The minimum Gasteiger partial charge on any atom is -0.469 e. The van der Waals surface area contributed by atoms with Gasteiger partial charge in [0.25, 0.3) is 0 Å². The fourth-order valence-electron chi connectivity index (χ4n) is 11.4. The van der Waals surface area contributed by atoms with Crippen LogP contribution in [0.5, 0.6) is 0 Å². The summed E-state index contributed by atoms with van der Waals surface area (Å²) in [4.78, 5) is 52.6. The van der Waals surface area contributed by atoms with Crippen molar-refractivity contribution in [2.45, 2.75) is 90.3 Å². The van der Waals surface area contributed by atoms with Gasteiger partial charge in [-0.2, -0.15) is 0 Å². The largest absolute Gasteiger partial charge is 0.469 e. The van der Waals surface area contributed by atoms with E-state index in [1.165, 1.54) is 7.11 Å². The standard InChI is InChI=1S/C46H54O8/c1-45-25-24-36(53-43(49)31-16-9-5-10-17-31)26-34(45)28-39(54-44(50)32-18-11-6-12-19-32)41-37-23-22-33(20-13-21-40(47)51-3)46(37,2)35(27-38(41)45)29-52-42(48)30-14-7-4-8-15-30/h4-12,14-19,33-39,41H,13,20-29H2,1-3H3. The molecule has 0 bridgehead atoms. The highest BCUT2D eigenvalue weighted by Gasteiger charge is 2.66. The average molecular weight is 735 g/mol. The van der Waals surface area contributed by atoms with E-state index in [0.717, 1.165) is 44.9 Å². The number of benzene rings is 3. The second kappa shape index (κ2) is 16.1. The van der Waals surface area contributed by atoms with E-state index in [-0.39, 0.29) is 76.5 Å². The summed E-state index contributed by atoms with van der Waals surface area (Å²) in [5, 5.41) is 0. The Bertz CT molecular complexity index is 1780. The summed E-state index contributed by atoms with van der Waals surface area (Å²) in [6.45, 7) is 5.11. The third-order valence-electron chi connectivity index (χ3n) is 14.3. The summed E-state index contributed by atoms with van der Waals surface area (Å²) >= 11 is 0. The van der Waals surface area contributed by atoms with Gasteiger partial charge >= 0.3 is 23.9 Å². The molecule has 0 radical (unpaired) electrons. The maximum absolute atomic E-state index is 13.8. The summed E-state index contributed by atoms with van der Waals surface area (Å²) < 4.78 is 24.0. The van der Waals surface area contributed by atoms with Crippen molar-refractivity contribution in [1.82, 2.24) is 0 Å². The van der Waals surface area contributed by atoms with Crippen LogP contribution >= 0.6 is 0 Å². The number of methoxy groups -OCH3 is 1. The van der Waals surface area contributed by atoms with Crippen LogP contribution in [0.15, 0.2) is 91.0 Å². The zero-order valence-electron chi connectivity index (χ0n) is 31.8. The molecule has 0 heterocycles. The molecule has 54 heavy (non-hydrogen) atoms. The minimum absolute atomic E-state index is 0.0803. The Hall–Kier alpha value is -4.46. The van der Waals surface area contributed by atoms with Gasteiger partial charge in [-0.3, -0.25) is 4.79 Å². The lowest BCUT2D eigenvalue weighted by Crippen LogP contribution is -2.62. The highest BCUT2D eigenvalue weighted by molar-refractivity contribution is 5.90. The molecule has 0 saturated heterocycles. The fourth-order valence-corrected chi connectivity index (χ4v) is 11.4. The van der Waals surface area contributed by atoms with Crippen molar-refractivity contribution in [2.24, 2.45) is 46.3 Å². The van der Waals surface area contributed by atoms with Gasteiger partial charge in [0, 0.05) is 12.3 Å².